The molecule has 1 amide bonds. The number of benzene rings is 1. The molecule has 0 unspecified atom stereocenters. The second-order valence-corrected chi connectivity index (χ2v) is 5.97. The molecule has 1 aromatic rings. The van der Waals surface area contributed by atoms with Crippen LogP contribution in [0.1, 0.15) is 25.8 Å². The van der Waals surface area contributed by atoms with Crippen LogP contribution in [0.5, 0.6) is 5.75 Å². The van der Waals surface area contributed by atoms with Crippen molar-refractivity contribution in [3.63, 3.8) is 0 Å². The number of hydrogen-bond donors (Lipinski definition) is 1. The summed E-state index contributed by atoms with van der Waals surface area (Å²) in [5.41, 5.74) is 1.17. The molecule has 1 heterocycles. The number of methoxy groups -OCH3 is 1. The molecule has 4 nitrogen and oxygen atoms in total. The third-order valence-corrected chi connectivity index (χ3v) is 4.11. The van der Waals surface area contributed by atoms with E-state index in [0.717, 1.165) is 31.8 Å². The maximum absolute atomic E-state index is 12.4. The van der Waals surface area contributed by atoms with E-state index in [1.807, 2.05) is 23.1 Å². The predicted octanol–water partition coefficient (Wildman–Crippen LogP) is 2.08. The fourth-order valence-electron chi connectivity index (χ4n) is 2.95. The van der Waals surface area contributed by atoms with Crippen LogP contribution in [0.25, 0.3) is 0 Å². The van der Waals surface area contributed by atoms with Gasteiger partial charge in [-0.25, -0.2) is 0 Å². The van der Waals surface area contributed by atoms with Gasteiger partial charge in [-0.05, 0) is 30.9 Å². The van der Waals surface area contributed by atoms with Gasteiger partial charge in [-0.3, -0.25) is 4.79 Å². The van der Waals surface area contributed by atoms with E-state index in [9.17, 15) is 4.79 Å². The molecule has 0 radical (unpaired) electrons. The van der Waals surface area contributed by atoms with Crippen LogP contribution in [0.15, 0.2) is 24.3 Å². The first kappa shape index (κ1) is 15.8. The highest BCUT2D eigenvalue weighted by Gasteiger charge is 2.24. The Kier molecular flexibility index (Phi) is 5.62. The summed E-state index contributed by atoms with van der Waals surface area (Å²) >= 11 is 0. The topological polar surface area (TPSA) is 41.6 Å². The molecule has 2 rings (SSSR count). The van der Waals surface area contributed by atoms with Gasteiger partial charge in [0, 0.05) is 32.1 Å². The Morgan fingerprint density at radius 2 is 2.24 bits per heavy atom. The number of nitrogens with zero attached hydrogens (tertiary/aromatic N) is 1. The van der Waals surface area contributed by atoms with Crippen LogP contribution in [-0.2, 0) is 11.2 Å². The SMILES string of the molecule is COc1ccccc1C[C@@H](C)CC(=O)N1CCNC[C@H]1C. The number of carbonyl (C=O) groups excluding carboxylic acids is 1. The van der Waals surface area contributed by atoms with Crippen molar-refractivity contribution in [2.45, 2.75) is 32.7 Å². The smallest absolute Gasteiger partial charge is 0.223 e. The lowest BCUT2D eigenvalue weighted by atomic mass is 9.96. The minimum absolute atomic E-state index is 0.270. The quantitative estimate of drug-likeness (QED) is 0.903. The first-order valence-electron chi connectivity index (χ1n) is 7.74. The first-order chi connectivity index (χ1) is 10.1. The Hall–Kier alpha value is -1.55. The Morgan fingerprint density at radius 3 is 2.95 bits per heavy atom. The zero-order chi connectivity index (χ0) is 15.2. The molecule has 1 aliphatic heterocycles. The van der Waals surface area contributed by atoms with Crippen LogP contribution in [0, 0.1) is 5.92 Å². The van der Waals surface area contributed by atoms with E-state index in [-0.39, 0.29) is 5.91 Å². The number of amides is 1. The monoisotopic (exact) mass is 290 g/mol. The Balaban J connectivity index is 1.91. The van der Waals surface area contributed by atoms with Gasteiger partial charge in [0.15, 0.2) is 0 Å². The fourth-order valence-corrected chi connectivity index (χ4v) is 2.95. The predicted molar refractivity (Wildman–Crippen MR) is 84.5 cm³/mol. The Labute approximate surface area is 127 Å². The van der Waals surface area contributed by atoms with E-state index in [4.69, 9.17) is 4.74 Å². The van der Waals surface area contributed by atoms with Gasteiger partial charge in [-0.1, -0.05) is 25.1 Å². The van der Waals surface area contributed by atoms with E-state index in [1.54, 1.807) is 7.11 Å². The molecule has 116 valence electrons. The molecular weight excluding hydrogens is 264 g/mol. The molecule has 1 aliphatic rings. The number of piperazine rings is 1. The molecule has 4 heteroatoms. The number of carbonyl (C=O) groups is 1. The van der Waals surface area contributed by atoms with Crippen molar-refractivity contribution in [3.8, 4) is 5.75 Å². The van der Waals surface area contributed by atoms with Crippen LogP contribution in [-0.4, -0.2) is 43.6 Å². The molecule has 1 fully saturated rings. The molecule has 1 saturated heterocycles. The van der Waals surface area contributed by atoms with E-state index in [2.05, 4.69) is 25.2 Å². The zero-order valence-electron chi connectivity index (χ0n) is 13.3. The molecule has 0 saturated carbocycles. The van der Waals surface area contributed by atoms with Gasteiger partial charge in [0.1, 0.15) is 5.75 Å². The average Bonchev–Trinajstić information content (AvgIpc) is 2.48. The highest BCUT2D eigenvalue weighted by molar-refractivity contribution is 5.77. The van der Waals surface area contributed by atoms with E-state index >= 15 is 0 Å². The molecule has 21 heavy (non-hydrogen) atoms. The molecule has 2 atom stereocenters. The molecule has 0 spiro atoms. The molecule has 0 aliphatic carbocycles. The van der Waals surface area contributed by atoms with Gasteiger partial charge in [0.05, 0.1) is 7.11 Å². The maximum atomic E-state index is 12.4. The maximum Gasteiger partial charge on any atom is 0.223 e. The van der Waals surface area contributed by atoms with Crippen molar-refractivity contribution in [2.75, 3.05) is 26.7 Å². The van der Waals surface area contributed by atoms with Gasteiger partial charge in [0.25, 0.3) is 0 Å². The van der Waals surface area contributed by atoms with Crippen LogP contribution >= 0.6 is 0 Å². The van der Waals surface area contributed by atoms with Gasteiger partial charge in [-0.2, -0.15) is 0 Å². The van der Waals surface area contributed by atoms with Crippen molar-refractivity contribution >= 4 is 5.91 Å². The third kappa shape index (κ3) is 4.21. The minimum Gasteiger partial charge on any atom is -0.496 e. The standard InChI is InChI=1S/C17H26N2O2/c1-13(10-15-6-4-5-7-16(15)21-3)11-17(20)19-9-8-18-12-14(19)2/h4-7,13-14,18H,8-12H2,1-3H3/t13-,14-/m1/s1. The number of hydrogen-bond acceptors (Lipinski definition) is 3. The molecule has 0 bridgehead atoms. The Morgan fingerprint density at radius 1 is 1.48 bits per heavy atom. The van der Waals surface area contributed by atoms with E-state index < -0.39 is 0 Å². The molecule has 1 N–H and O–H groups in total. The summed E-state index contributed by atoms with van der Waals surface area (Å²) in [6, 6.07) is 8.34. The van der Waals surface area contributed by atoms with Crippen molar-refractivity contribution in [1.29, 1.82) is 0 Å². The lowest BCUT2D eigenvalue weighted by molar-refractivity contribution is -0.134. The summed E-state index contributed by atoms with van der Waals surface area (Å²) < 4.78 is 5.38. The largest absolute Gasteiger partial charge is 0.496 e. The highest BCUT2D eigenvalue weighted by atomic mass is 16.5. The van der Waals surface area contributed by atoms with E-state index in [0.29, 0.717) is 18.4 Å². The first-order valence-corrected chi connectivity index (χ1v) is 7.74. The van der Waals surface area contributed by atoms with Gasteiger partial charge < -0.3 is 15.0 Å². The van der Waals surface area contributed by atoms with Crippen LogP contribution in [0.2, 0.25) is 0 Å². The second kappa shape index (κ2) is 7.46. The van der Waals surface area contributed by atoms with Gasteiger partial charge in [0.2, 0.25) is 5.91 Å². The third-order valence-electron chi connectivity index (χ3n) is 4.11. The van der Waals surface area contributed by atoms with Crippen molar-refractivity contribution in [2.24, 2.45) is 5.92 Å². The number of rotatable bonds is 5. The van der Waals surface area contributed by atoms with Crippen LogP contribution in [0.4, 0.5) is 0 Å². The summed E-state index contributed by atoms with van der Waals surface area (Å²) in [7, 11) is 1.69. The summed E-state index contributed by atoms with van der Waals surface area (Å²) in [6.07, 6.45) is 1.47. The summed E-state index contributed by atoms with van der Waals surface area (Å²) in [5.74, 6) is 1.50. The molecule has 1 aromatic carbocycles. The van der Waals surface area contributed by atoms with Crippen molar-refractivity contribution in [1.82, 2.24) is 10.2 Å². The fraction of sp³-hybridized carbons (Fsp3) is 0.588. The van der Waals surface area contributed by atoms with Gasteiger partial charge >= 0.3 is 0 Å². The van der Waals surface area contributed by atoms with Crippen LogP contribution < -0.4 is 10.1 Å². The summed E-state index contributed by atoms with van der Waals surface area (Å²) in [4.78, 5) is 14.4. The number of nitrogens with one attached hydrogen (secondary N) is 1. The highest BCUT2D eigenvalue weighted by Crippen LogP contribution is 2.22. The molecule has 0 aromatic heterocycles. The van der Waals surface area contributed by atoms with Gasteiger partial charge in [-0.15, -0.1) is 0 Å². The van der Waals surface area contributed by atoms with E-state index in [1.165, 1.54) is 5.56 Å². The number of para-hydroxylation sites is 1. The normalized spacial score (nSPS) is 20.1. The lowest BCUT2D eigenvalue weighted by Gasteiger charge is -2.34. The summed E-state index contributed by atoms with van der Waals surface area (Å²) in [6.45, 7) is 6.86. The zero-order valence-corrected chi connectivity index (χ0v) is 13.3. The minimum atomic E-state index is 0.270. The molecular formula is C17H26N2O2. The number of ether oxygens (including phenoxy) is 1. The lowest BCUT2D eigenvalue weighted by Crippen LogP contribution is -2.52. The van der Waals surface area contributed by atoms with Crippen molar-refractivity contribution in [3.05, 3.63) is 29.8 Å². The Bertz CT molecular complexity index is 476. The van der Waals surface area contributed by atoms with Crippen LogP contribution in [0.3, 0.4) is 0 Å². The van der Waals surface area contributed by atoms with Crippen molar-refractivity contribution < 1.29 is 9.53 Å². The average molecular weight is 290 g/mol. The summed E-state index contributed by atoms with van der Waals surface area (Å²) in [5, 5.41) is 3.32. The second-order valence-electron chi connectivity index (χ2n) is 5.97.